The summed E-state index contributed by atoms with van der Waals surface area (Å²) in [5, 5.41) is 0. The van der Waals surface area contributed by atoms with Gasteiger partial charge in [-0.2, -0.15) is 0 Å². The van der Waals surface area contributed by atoms with Gasteiger partial charge >= 0.3 is 0 Å². The van der Waals surface area contributed by atoms with E-state index in [-0.39, 0.29) is 6.10 Å². The number of hydrogen-bond acceptors (Lipinski definition) is 5. The normalized spacial score (nSPS) is 24.2. The summed E-state index contributed by atoms with van der Waals surface area (Å²) in [4.78, 5) is 9.33. The number of hydrogen-bond donors (Lipinski definition) is 0. The second-order valence-electron chi connectivity index (χ2n) is 6.19. The fraction of sp³-hybridized carbons (Fsp3) is 0.706. The zero-order valence-electron chi connectivity index (χ0n) is 13.5. The van der Waals surface area contributed by atoms with E-state index in [2.05, 4.69) is 33.8 Å². The Hall–Kier alpha value is -1.17. The van der Waals surface area contributed by atoms with Gasteiger partial charge in [0.25, 0.3) is 0 Å². The molecule has 0 saturated carbocycles. The van der Waals surface area contributed by atoms with Crippen LogP contribution in [0.2, 0.25) is 0 Å². The predicted molar refractivity (Wildman–Crippen MR) is 87.4 cm³/mol. The number of aromatic nitrogens is 1. The maximum absolute atomic E-state index is 5.73. The molecule has 2 saturated heterocycles. The molecule has 0 radical (unpaired) electrons. The molecule has 0 spiro atoms. The molecule has 1 aromatic heterocycles. The Morgan fingerprint density at radius 1 is 1.23 bits per heavy atom. The van der Waals surface area contributed by atoms with Crippen LogP contribution in [0.1, 0.15) is 18.5 Å². The predicted octanol–water partition coefficient (Wildman–Crippen LogP) is 1.71. The molecule has 1 atom stereocenters. The van der Waals surface area contributed by atoms with Crippen molar-refractivity contribution in [1.82, 2.24) is 9.88 Å². The Kier molecular flexibility index (Phi) is 5.64. The van der Waals surface area contributed by atoms with Crippen molar-refractivity contribution in [2.24, 2.45) is 0 Å². The lowest BCUT2D eigenvalue weighted by Crippen LogP contribution is -2.35. The molecule has 5 nitrogen and oxygen atoms in total. The summed E-state index contributed by atoms with van der Waals surface area (Å²) in [6, 6.07) is 4.30. The van der Waals surface area contributed by atoms with Gasteiger partial charge in [-0.1, -0.05) is 0 Å². The maximum atomic E-state index is 5.73. The quantitative estimate of drug-likeness (QED) is 0.846. The molecule has 0 aromatic carbocycles. The zero-order valence-corrected chi connectivity index (χ0v) is 13.5. The van der Waals surface area contributed by atoms with Crippen molar-refractivity contribution in [2.75, 3.05) is 57.4 Å². The molecule has 122 valence electrons. The second kappa shape index (κ2) is 7.90. The number of nitrogens with zero attached hydrogens (tertiary/aromatic N) is 3. The van der Waals surface area contributed by atoms with Gasteiger partial charge in [-0.15, -0.1) is 0 Å². The van der Waals surface area contributed by atoms with Gasteiger partial charge in [0.1, 0.15) is 0 Å². The number of aryl methyl sites for hydroxylation is 1. The summed E-state index contributed by atoms with van der Waals surface area (Å²) in [5.74, 6) is 0. The van der Waals surface area contributed by atoms with E-state index >= 15 is 0 Å². The molecule has 2 fully saturated rings. The second-order valence-corrected chi connectivity index (χ2v) is 6.19. The smallest absolute Gasteiger partial charge is 0.0821 e. The van der Waals surface area contributed by atoms with Crippen molar-refractivity contribution in [3.63, 3.8) is 0 Å². The van der Waals surface area contributed by atoms with E-state index in [0.717, 1.165) is 58.1 Å². The minimum Gasteiger partial charge on any atom is -0.376 e. The molecule has 1 aromatic rings. The number of ether oxygens (including phenoxy) is 2. The molecule has 5 heteroatoms. The van der Waals surface area contributed by atoms with E-state index in [1.807, 2.05) is 6.20 Å². The highest BCUT2D eigenvalue weighted by atomic mass is 16.6. The molecular formula is C17H27N3O2. The van der Waals surface area contributed by atoms with Crippen LogP contribution in [-0.4, -0.2) is 68.5 Å². The third-order valence-electron chi connectivity index (χ3n) is 4.49. The van der Waals surface area contributed by atoms with Crippen LogP contribution in [0.15, 0.2) is 18.3 Å². The van der Waals surface area contributed by atoms with E-state index in [0.29, 0.717) is 0 Å². The Morgan fingerprint density at radius 3 is 3.00 bits per heavy atom. The SMILES string of the molecule is Cc1cc(N2CCCN(CCC3COCCO3)CC2)ccn1. The first-order valence-electron chi connectivity index (χ1n) is 8.40. The van der Waals surface area contributed by atoms with Crippen LogP contribution in [0.25, 0.3) is 0 Å². The highest BCUT2D eigenvalue weighted by Gasteiger charge is 2.18. The summed E-state index contributed by atoms with van der Waals surface area (Å²) in [7, 11) is 0. The lowest BCUT2D eigenvalue weighted by Gasteiger charge is -2.27. The third kappa shape index (κ3) is 4.41. The van der Waals surface area contributed by atoms with Crippen molar-refractivity contribution < 1.29 is 9.47 Å². The molecule has 2 aliphatic heterocycles. The number of pyridine rings is 1. The number of rotatable bonds is 4. The zero-order chi connectivity index (χ0) is 15.2. The van der Waals surface area contributed by atoms with Crippen LogP contribution in [0.5, 0.6) is 0 Å². The summed E-state index contributed by atoms with van der Waals surface area (Å²) in [5.41, 5.74) is 2.39. The monoisotopic (exact) mass is 305 g/mol. The molecule has 0 amide bonds. The molecule has 3 rings (SSSR count). The lowest BCUT2D eigenvalue weighted by atomic mass is 10.2. The molecule has 0 aliphatic carbocycles. The molecule has 22 heavy (non-hydrogen) atoms. The minimum atomic E-state index is 0.288. The van der Waals surface area contributed by atoms with Crippen LogP contribution in [-0.2, 0) is 9.47 Å². The van der Waals surface area contributed by atoms with Crippen LogP contribution in [0.4, 0.5) is 5.69 Å². The fourth-order valence-corrected chi connectivity index (χ4v) is 3.21. The van der Waals surface area contributed by atoms with E-state index in [1.165, 1.54) is 18.7 Å². The molecule has 0 N–H and O–H groups in total. The van der Waals surface area contributed by atoms with Crippen LogP contribution in [0, 0.1) is 6.92 Å². The molecule has 1 unspecified atom stereocenters. The van der Waals surface area contributed by atoms with Crippen LogP contribution < -0.4 is 4.90 Å². The Labute approximate surface area is 133 Å². The average Bonchev–Trinajstić information content (AvgIpc) is 2.80. The van der Waals surface area contributed by atoms with E-state index < -0.39 is 0 Å². The van der Waals surface area contributed by atoms with Gasteiger partial charge in [0.2, 0.25) is 0 Å². The first-order valence-corrected chi connectivity index (χ1v) is 8.40. The fourth-order valence-electron chi connectivity index (χ4n) is 3.21. The standard InChI is InChI=1S/C17H27N3O2/c1-15-13-16(3-5-18-15)20-7-2-6-19(9-10-20)8-4-17-14-21-11-12-22-17/h3,5,13,17H,2,4,6-12,14H2,1H3. The van der Waals surface area contributed by atoms with E-state index in [1.54, 1.807) is 0 Å². The molecule has 0 bridgehead atoms. The Bertz CT molecular complexity index is 463. The van der Waals surface area contributed by atoms with Gasteiger partial charge in [0.15, 0.2) is 0 Å². The number of anilines is 1. The average molecular weight is 305 g/mol. The highest BCUT2D eigenvalue weighted by Crippen LogP contribution is 2.17. The van der Waals surface area contributed by atoms with Gasteiger partial charge in [-0.3, -0.25) is 4.98 Å². The van der Waals surface area contributed by atoms with Crippen molar-refractivity contribution in [2.45, 2.75) is 25.9 Å². The highest BCUT2D eigenvalue weighted by molar-refractivity contribution is 5.46. The maximum Gasteiger partial charge on any atom is 0.0821 e. The summed E-state index contributed by atoms with van der Waals surface area (Å²) in [6.45, 7) is 9.94. The summed E-state index contributed by atoms with van der Waals surface area (Å²) in [6.07, 6.45) is 4.49. The van der Waals surface area contributed by atoms with Gasteiger partial charge in [-0.05, 0) is 38.4 Å². The van der Waals surface area contributed by atoms with E-state index in [9.17, 15) is 0 Å². The van der Waals surface area contributed by atoms with Gasteiger partial charge < -0.3 is 19.3 Å². The Morgan fingerprint density at radius 2 is 2.18 bits per heavy atom. The van der Waals surface area contributed by atoms with Gasteiger partial charge in [0.05, 0.1) is 25.9 Å². The van der Waals surface area contributed by atoms with E-state index in [4.69, 9.17) is 9.47 Å². The van der Waals surface area contributed by atoms with Crippen molar-refractivity contribution in [1.29, 1.82) is 0 Å². The van der Waals surface area contributed by atoms with Crippen molar-refractivity contribution in [3.8, 4) is 0 Å². The lowest BCUT2D eigenvalue weighted by molar-refractivity contribution is -0.0925. The molecule has 3 heterocycles. The van der Waals surface area contributed by atoms with Crippen molar-refractivity contribution in [3.05, 3.63) is 24.0 Å². The van der Waals surface area contributed by atoms with Gasteiger partial charge in [0, 0.05) is 43.8 Å². The first kappa shape index (κ1) is 15.7. The van der Waals surface area contributed by atoms with Gasteiger partial charge in [-0.25, -0.2) is 0 Å². The third-order valence-corrected chi connectivity index (χ3v) is 4.49. The topological polar surface area (TPSA) is 37.8 Å². The molecule has 2 aliphatic rings. The molecular weight excluding hydrogens is 278 g/mol. The van der Waals surface area contributed by atoms with Crippen LogP contribution in [0.3, 0.4) is 0 Å². The van der Waals surface area contributed by atoms with Crippen LogP contribution >= 0.6 is 0 Å². The Balaban J connectivity index is 1.47. The first-order chi connectivity index (χ1) is 10.8. The summed E-state index contributed by atoms with van der Waals surface area (Å²) >= 11 is 0. The van der Waals surface area contributed by atoms with Crippen molar-refractivity contribution >= 4 is 5.69 Å². The minimum absolute atomic E-state index is 0.288. The summed E-state index contributed by atoms with van der Waals surface area (Å²) < 4.78 is 11.2. The largest absolute Gasteiger partial charge is 0.376 e.